The van der Waals surface area contributed by atoms with Crippen LogP contribution in [0.15, 0.2) is 0 Å². The Bertz CT molecular complexity index is 190. The van der Waals surface area contributed by atoms with Gasteiger partial charge in [-0.2, -0.15) is 0 Å². The first-order chi connectivity index (χ1) is 5.13. The van der Waals surface area contributed by atoms with E-state index in [2.05, 4.69) is 0 Å². The van der Waals surface area contributed by atoms with Gasteiger partial charge >= 0.3 is 0 Å². The quantitative estimate of drug-likeness (QED) is 0.421. The summed E-state index contributed by atoms with van der Waals surface area (Å²) >= 11 is 0. The molecule has 62 valence electrons. The average molecular weight is 157 g/mol. The molecule has 1 aliphatic rings. The van der Waals surface area contributed by atoms with Crippen LogP contribution in [-0.4, -0.2) is 16.7 Å². The van der Waals surface area contributed by atoms with Crippen LogP contribution in [0.2, 0.25) is 0 Å². The Labute approximate surface area is 64.7 Å². The Hall–Kier alpha value is -0.930. The van der Waals surface area contributed by atoms with Crippen LogP contribution in [0.3, 0.4) is 0 Å². The van der Waals surface area contributed by atoms with E-state index >= 15 is 0 Å². The molecule has 0 bridgehead atoms. The monoisotopic (exact) mass is 157 g/mol. The number of nitrogens with zero attached hydrogens (tertiary/aromatic N) is 1. The fourth-order valence-corrected chi connectivity index (χ4v) is 1.44. The van der Waals surface area contributed by atoms with Crippen LogP contribution in [-0.2, 0) is 4.79 Å². The van der Waals surface area contributed by atoms with Crippen molar-refractivity contribution in [1.29, 1.82) is 0 Å². The minimum absolute atomic E-state index is 0.112. The molecular weight excluding hydrogens is 146 g/mol. The van der Waals surface area contributed by atoms with Gasteiger partial charge in [0.15, 0.2) is 0 Å². The topological polar surface area (TPSA) is 60.2 Å². The van der Waals surface area contributed by atoms with Gasteiger partial charge in [-0.05, 0) is 12.8 Å². The molecule has 1 rings (SSSR count). The van der Waals surface area contributed by atoms with E-state index in [0.717, 1.165) is 12.8 Å². The summed E-state index contributed by atoms with van der Waals surface area (Å²) in [5, 5.41) is 10.3. The van der Waals surface area contributed by atoms with Gasteiger partial charge in [0.2, 0.25) is 5.78 Å². The number of hydrogen-bond donors (Lipinski definition) is 0. The molecule has 0 aromatic heterocycles. The highest BCUT2D eigenvalue weighted by Gasteiger charge is 2.36. The molecule has 1 saturated carbocycles. The Morgan fingerprint density at radius 2 is 2.18 bits per heavy atom. The third-order valence-corrected chi connectivity index (χ3v) is 2.18. The standard InChI is InChI=1S/C7H11NO3/c1-5-3-2-4-6(7(5)9)8(10)11/h5-6H,2-4H2,1H3/t5-,6+/m0/s1. The normalized spacial score (nSPS) is 31.9. The van der Waals surface area contributed by atoms with Gasteiger partial charge in [-0.15, -0.1) is 0 Å². The number of nitro groups is 1. The van der Waals surface area contributed by atoms with Gasteiger partial charge in [0.1, 0.15) is 0 Å². The Morgan fingerprint density at radius 3 is 2.64 bits per heavy atom. The van der Waals surface area contributed by atoms with E-state index in [1.807, 2.05) is 0 Å². The molecule has 4 nitrogen and oxygen atoms in total. The fraction of sp³-hybridized carbons (Fsp3) is 0.857. The molecule has 11 heavy (non-hydrogen) atoms. The van der Waals surface area contributed by atoms with Crippen molar-refractivity contribution in [1.82, 2.24) is 0 Å². The Kier molecular flexibility index (Phi) is 2.22. The van der Waals surface area contributed by atoms with Crippen molar-refractivity contribution in [3.8, 4) is 0 Å². The lowest BCUT2D eigenvalue weighted by Crippen LogP contribution is -2.37. The van der Waals surface area contributed by atoms with E-state index in [0.29, 0.717) is 6.42 Å². The first kappa shape index (κ1) is 8.17. The number of ketones is 1. The van der Waals surface area contributed by atoms with Crippen LogP contribution in [0.5, 0.6) is 0 Å². The zero-order valence-corrected chi connectivity index (χ0v) is 6.45. The summed E-state index contributed by atoms with van der Waals surface area (Å²) in [6.07, 6.45) is 2.04. The number of carbonyl (C=O) groups is 1. The molecule has 2 atom stereocenters. The summed E-state index contributed by atoms with van der Waals surface area (Å²) < 4.78 is 0. The van der Waals surface area contributed by atoms with E-state index < -0.39 is 11.0 Å². The predicted octanol–water partition coefficient (Wildman–Crippen LogP) is 1.02. The molecule has 4 heteroatoms. The molecule has 0 aromatic carbocycles. The lowest BCUT2D eigenvalue weighted by molar-refractivity contribution is -0.510. The molecule has 0 aromatic rings. The highest BCUT2D eigenvalue weighted by Crippen LogP contribution is 2.21. The van der Waals surface area contributed by atoms with Crippen molar-refractivity contribution >= 4 is 5.78 Å². The molecule has 0 N–H and O–H groups in total. The Balaban J connectivity index is 2.66. The highest BCUT2D eigenvalue weighted by atomic mass is 16.6. The number of rotatable bonds is 1. The SMILES string of the molecule is C[C@H]1CCC[C@@H]([N+](=O)[O-])C1=O. The van der Waals surface area contributed by atoms with Crippen molar-refractivity contribution in [3.05, 3.63) is 10.1 Å². The van der Waals surface area contributed by atoms with Gasteiger partial charge < -0.3 is 0 Å². The smallest absolute Gasteiger partial charge is 0.270 e. The first-order valence-corrected chi connectivity index (χ1v) is 3.80. The highest BCUT2D eigenvalue weighted by molar-refractivity contribution is 5.85. The third-order valence-electron chi connectivity index (χ3n) is 2.18. The summed E-state index contributed by atoms with van der Waals surface area (Å²) in [4.78, 5) is 21.0. The summed E-state index contributed by atoms with van der Waals surface area (Å²) in [5.41, 5.74) is 0. The van der Waals surface area contributed by atoms with Gasteiger partial charge in [-0.3, -0.25) is 14.9 Å². The zero-order chi connectivity index (χ0) is 8.43. The molecule has 0 amide bonds. The van der Waals surface area contributed by atoms with Crippen LogP contribution in [0.25, 0.3) is 0 Å². The van der Waals surface area contributed by atoms with Gasteiger partial charge in [0.25, 0.3) is 6.04 Å². The van der Waals surface area contributed by atoms with Gasteiger partial charge in [0, 0.05) is 17.3 Å². The second-order valence-electron chi connectivity index (χ2n) is 3.04. The van der Waals surface area contributed by atoms with Crippen LogP contribution in [0, 0.1) is 16.0 Å². The third kappa shape index (κ3) is 1.56. The van der Waals surface area contributed by atoms with Crippen molar-refractivity contribution in [2.75, 3.05) is 0 Å². The molecule has 1 fully saturated rings. The summed E-state index contributed by atoms with van der Waals surface area (Å²) in [7, 11) is 0. The summed E-state index contributed by atoms with van der Waals surface area (Å²) in [6, 6.07) is -0.918. The first-order valence-electron chi connectivity index (χ1n) is 3.80. The van der Waals surface area contributed by atoms with Crippen molar-refractivity contribution in [2.24, 2.45) is 5.92 Å². The van der Waals surface area contributed by atoms with Crippen LogP contribution < -0.4 is 0 Å². The lowest BCUT2D eigenvalue weighted by Gasteiger charge is -2.18. The maximum Gasteiger partial charge on any atom is 0.270 e. The summed E-state index contributed by atoms with van der Waals surface area (Å²) in [5.74, 6) is -0.305. The lowest BCUT2D eigenvalue weighted by atomic mass is 9.86. The largest absolute Gasteiger partial charge is 0.292 e. The zero-order valence-electron chi connectivity index (χ0n) is 6.45. The molecule has 1 aliphatic carbocycles. The van der Waals surface area contributed by atoms with Gasteiger partial charge in [-0.1, -0.05) is 6.92 Å². The average Bonchev–Trinajstić information content (AvgIpc) is 1.94. The van der Waals surface area contributed by atoms with Gasteiger partial charge in [0.05, 0.1) is 0 Å². The number of hydrogen-bond acceptors (Lipinski definition) is 3. The number of carbonyl (C=O) groups excluding carboxylic acids is 1. The minimum atomic E-state index is -0.918. The second-order valence-corrected chi connectivity index (χ2v) is 3.04. The maximum atomic E-state index is 11.1. The maximum absolute atomic E-state index is 11.1. The van der Waals surface area contributed by atoms with E-state index in [1.165, 1.54) is 0 Å². The van der Waals surface area contributed by atoms with Crippen molar-refractivity contribution < 1.29 is 9.72 Å². The number of Topliss-reactive ketones (excluding diaryl/α,β-unsaturated/α-hetero) is 1. The summed E-state index contributed by atoms with van der Waals surface area (Å²) in [6.45, 7) is 1.76. The van der Waals surface area contributed by atoms with Crippen LogP contribution in [0.4, 0.5) is 0 Å². The minimum Gasteiger partial charge on any atom is -0.292 e. The van der Waals surface area contributed by atoms with E-state index in [4.69, 9.17) is 0 Å². The molecule has 0 heterocycles. The van der Waals surface area contributed by atoms with E-state index in [1.54, 1.807) is 6.92 Å². The molecule has 0 spiro atoms. The van der Waals surface area contributed by atoms with Crippen molar-refractivity contribution in [2.45, 2.75) is 32.2 Å². The van der Waals surface area contributed by atoms with Crippen molar-refractivity contribution in [3.63, 3.8) is 0 Å². The van der Waals surface area contributed by atoms with E-state index in [-0.39, 0.29) is 11.7 Å². The fourth-order valence-electron chi connectivity index (χ4n) is 1.44. The Morgan fingerprint density at radius 1 is 1.55 bits per heavy atom. The molecular formula is C7H11NO3. The van der Waals surface area contributed by atoms with Gasteiger partial charge in [-0.25, -0.2) is 0 Å². The van der Waals surface area contributed by atoms with Crippen LogP contribution >= 0.6 is 0 Å². The molecule has 0 aliphatic heterocycles. The second kappa shape index (κ2) is 2.98. The molecule has 0 unspecified atom stereocenters. The molecule has 0 saturated heterocycles. The van der Waals surface area contributed by atoms with E-state index in [9.17, 15) is 14.9 Å². The van der Waals surface area contributed by atoms with Crippen LogP contribution in [0.1, 0.15) is 26.2 Å². The predicted molar refractivity (Wildman–Crippen MR) is 38.8 cm³/mol. The molecule has 0 radical (unpaired) electrons.